The largest absolute Gasteiger partial charge is 0.479 e. The minimum atomic E-state index is -1.14. The van der Waals surface area contributed by atoms with E-state index in [0.717, 1.165) is 44.4 Å². The number of carbonyl (C=O) groups is 1. The first-order valence-corrected chi connectivity index (χ1v) is 12.0. The van der Waals surface area contributed by atoms with E-state index in [-0.39, 0.29) is 0 Å². The molecule has 7 heteroatoms. The summed E-state index contributed by atoms with van der Waals surface area (Å²) >= 11 is 6.18. The lowest BCUT2D eigenvalue weighted by molar-refractivity contribution is -0.160. The van der Waals surface area contributed by atoms with Crippen LogP contribution in [0.2, 0.25) is 5.02 Å². The van der Waals surface area contributed by atoms with Gasteiger partial charge in [0.15, 0.2) is 11.8 Å². The number of aliphatic carboxylic acids is 1. The van der Waals surface area contributed by atoms with Crippen LogP contribution in [0.5, 0.6) is 0 Å². The van der Waals surface area contributed by atoms with Gasteiger partial charge >= 0.3 is 5.97 Å². The molecule has 182 valence electrons. The first-order chi connectivity index (χ1) is 17.1. The van der Waals surface area contributed by atoms with E-state index in [1.165, 1.54) is 0 Å². The van der Waals surface area contributed by atoms with Crippen LogP contribution >= 0.6 is 11.6 Å². The first-order valence-electron chi connectivity index (χ1n) is 11.6. The molecule has 5 rings (SSSR count). The van der Waals surface area contributed by atoms with Crippen molar-refractivity contribution in [1.29, 1.82) is 0 Å². The fourth-order valence-electron chi connectivity index (χ4n) is 4.62. The lowest BCUT2D eigenvalue weighted by Crippen LogP contribution is -2.28. The smallest absolute Gasteiger partial charge is 0.337 e. The fourth-order valence-corrected chi connectivity index (χ4v) is 4.75. The minimum absolute atomic E-state index is 0.610. The van der Waals surface area contributed by atoms with E-state index in [1.807, 2.05) is 87.0 Å². The lowest BCUT2D eigenvalue weighted by atomic mass is 9.86. The summed E-state index contributed by atoms with van der Waals surface area (Å²) in [5.41, 5.74) is 4.97. The maximum atomic E-state index is 12.5. The number of rotatable bonds is 5. The molecule has 0 radical (unpaired) electrons. The van der Waals surface area contributed by atoms with Crippen molar-refractivity contribution in [3.05, 3.63) is 89.5 Å². The van der Waals surface area contributed by atoms with Crippen molar-refractivity contribution in [3.63, 3.8) is 0 Å². The molecule has 3 aromatic carbocycles. The third kappa shape index (κ3) is 4.45. The second-order valence-electron chi connectivity index (χ2n) is 9.81. The van der Waals surface area contributed by atoms with Gasteiger partial charge < -0.3 is 14.2 Å². The van der Waals surface area contributed by atoms with Gasteiger partial charge in [-0.3, -0.25) is 4.98 Å². The van der Waals surface area contributed by atoms with E-state index in [9.17, 15) is 9.90 Å². The molecule has 1 unspecified atom stereocenters. The Balaban J connectivity index is 1.79. The molecule has 2 aromatic heterocycles. The fraction of sp³-hybridized carbons (Fsp3) is 0.207. The maximum Gasteiger partial charge on any atom is 0.337 e. The van der Waals surface area contributed by atoms with Gasteiger partial charge in [-0.2, -0.15) is 0 Å². The molecule has 5 aromatic rings. The van der Waals surface area contributed by atoms with E-state index >= 15 is 0 Å². The summed E-state index contributed by atoms with van der Waals surface area (Å²) < 4.78 is 8.02. The van der Waals surface area contributed by atoms with Crippen molar-refractivity contribution < 1.29 is 14.6 Å². The molecule has 0 fully saturated rings. The number of aryl methyl sites for hydroxylation is 1. The van der Waals surface area contributed by atoms with Gasteiger partial charge in [0.05, 0.1) is 5.60 Å². The highest BCUT2D eigenvalue weighted by atomic mass is 35.5. The molecule has 1 atom stereocenters. The van der Waals surface area contributed by atoms with E-state index in [1.54, 1.807) is 12.4 Å². The number of nitrogens with zero attached hydrogens (tertiary/aromatic N) is 3. The highest BCUT2D eigenvalue weighted by molar-refractivity contribution is 6.30. The number of aromatic nitrogens is 3. The Morgan fingerprint density at radius 2 is 1.67 bits per heavy atom. The van der Waals surface area contributed by atoms with Gasteiger partial charge in [-0.25, -0.2) is 9.78 Å². The Morgan fingerprint density at radius 3 is 2.33 bits per heavy atom. The van der Waals surface area contributed by atoms with Gasteiger partial charge in [0.25, 0.3) is 0 Å². The summed E-state index contributed by atoms with van der Waals surface area (Å²) in [6, 6.07) is 15.6. The average molecular weight is 500 g/mol. The van der Waals surface area contributed by atoms with Crippen LogP contribution in [-0.2, 0) is 9.53 Å². The number of carboxylic acids is 1. The summed E-state index contributed by atoms with van der Waals surface area (Å²) in [4.78, 5) is 21.5. The minimum Gasteiger partial charge on any atom is -0.479 e. The zero-order valence-electron chi connectivity index (χ0n) is 20.5. The van der Waals surface area contributed by atoms with E-state index < -0.39 is 17.7 Å². The summed E-state index contributed by atoms with van der Waals surface area (Å²) in [5.74, 6) is -1.03. The zero-order valence-corrected chi connectivity index (χ0v) is 21.2. The maximum absolute atomic E-state index is 12.5. The number of halogens is 1. The van der Waals surface area contributed by atoms with Crippen LogP contribution in [0.4, 0.5) is 0 Å². The molecule has 0 saturated carbocycles. The van der Waals surface area contributed by atoms with Crippen LogP contribution < -0.4 is 0 Å². The normalized spacial score (nSPS) is 12.8. The molecule has 36 heavy (non-hydrogen) atoms. The Kier molecular flexibility index (Phi) is 6.02. The molecule has 0 aliphatic heterocycles. The highest BCUT2D eigenvalue weighted by Gasteiger charge is 2.31. The first kappa shape index (κ1) is 24.0. The summed E-state index contributed by atoms with van der Waals surface area (Å²) in [7, 11) is 0. The molecular weight excluding hydrogens is 474 g/mol. The number of fused-ring (bicyclic) bond motifs is 2. The van der Waals surface area contributed by atoms with Gasteiger partial charge in [0.1, 0.15) is 5.69 Å². The Bertz CT molecular complexity index is 1600. The Hall–Kier alpha value is -3.74. The second-order valence-corrected chi connectivity index (χ2v) is 10.2. The molecule has 0 bridgehead atoms. The van der Waals surface area contributed by atoms with Crippen LogP contribution in [0.15, 0.2) is 73.3 Å². The Labute approximate surface area is 214 Å². The number of ether oxygens (including phenoxy) is 1. The number of benzene rings is 3. The third-order valence-corrected chi connectivity index (χ3v) is 6.31. The van der Waals surface area contributed by atoms with Crippen molar-refractivity contribution in [1.82, 2.24) is 14.4 Å². The number of carboxylic acid groups (broad SMARTS) is 1. The van der Waals surface area contributed by atoms with Crippen LogP contribution in [0.1, 0.15) is 38.0 Å². The molecular formula is C29H26ClN3O3. The zero-order chi connectivity index (χ0) is 25.6. The monoisotopic (exact) mass is 499 g/mol. The second kappa shape index (κ2) is 9.04. The number of hydrogen-bond donors (Lipinski definition) is 1. The van der Waals surface area contributed by atoms with E-state index in [2.05, 4.69) is 16.0 Å². The van der Waals surface area contributed by atoms with Gasteiger partial charge in [0, 0.05) is 40.9 Å². The Morgan fingerprint density at radius 1 is 1.00 bits per heavy atom. The lowest BCUT2D eigenvalue weighted by Gasteiger charge is -2.28. The molecule has 6 nitrogen and oxygen atoms in total. The molecule has 0 spiro atoms. The van der Waals surface area contributed by atoms with Crippen molar-refractivity contribution in [2.45, 2.75) is 39.4 Å². The average Bonchev–Trinajstić information content (AvgIpc) is 3.31. The van der Waals surface area contributed by atoms with Gasteiger partial charge in [0.2, 0.25) is 0 Å². The van der Waals surface area contributed by atoms with Crippen molar-refractivity contribution >= 4 is 34.0 Å². The van der Waals surface area contributed by atoms with Crippen LogP contribution in [-0.4, -0.2) is 31.0 Å². The topological polar surface area (TPSA) is 76.7 Å². The highest BCUT2D eigenvalue weighted by Crippen LogP contribution is 2.41. The summed E-state index contributed by atoms with van der Waals surface area (Å²) in [6.45, 7) is 7.50. The van der Waals surface area contributed by atoms with Crippen molar-refractivity contribution in [2.24, 2.45) is 0 Å². The SMILES string of the molecule is Cc1cc2cc(-c3nccn4ccnc34)ccc2c(-c2ccc(Cl)cc2)c1C(OC(C)(C)C)C(=O)O. The molecule has 0 amide bonds. The number of imidazole rings is 1. The van der Waals surface area contributed by atoms with E-state index in [0.29, 0.717) is 10.6 Å². The van der Waals surface area contributed by atoms with Gasteiger partial charge in [-0.1, -0.05) is 41.9 Å². The number of hydrogen-bond acceptors (Lipinski definition) is 4. The quantitative estimate of drug-likeness (QED) is 0.278. The van der Waals surface area contributed by atoms with Crippen LogP contribution in [0, 0.1) is 6.92 Å². The van der Waals surface area contributed by atoms with Crippen LogP contribution in [0.25, 0.3) is 38.8 Å². The molecule has 2 heterocycles. The predicted octanol–water partition coefficient (Wildman–Crippen LogP) is 7.12. The molecule has 0 aliphatic carbocycles. The third-order valence-electron chi connectivity index (χ3n) is 6.06. The molecule has 0 saturated heterocycles. The molecule has 0 aliphatic rings. The summed E-state index contributed by atoms with van der Waals surface area (Å²) in [6.07, 6.45) is 6.11. The van der Waals surface area contributed by atoms with Crippen LogP contribution in [0.3, 0.4) is 0 Å². The predicted molar refractivity (Wildman–Crippen MR) is 142 cm³/mol. The van der Waals surface area contributed by atoms with Gasteiger partial charge in [-0.05, 0) is 73.4 Å². The van der Waals surface area contributed by atoms with E-state index in [4.69, 9.17) is 16.3 Å². The van der Waals surface area contributed by atoms with Crippen molar-refractivity contribution in [2.75, 3.05) is 0 Å². The molecule has 1 N–H and O–H groups in total. The van der Waals surface area contributed by atoms with Crippen molar-refractivity contribution in [3.8, 4) is 22.4 Å². The summed E-state index contributed by atoms with van der Waals surface area (Å²) in [5, 5.41) is 12.7. The van der Waals surface area contributed by atoms with Gasteiger partial charge in [-0.15, -0.1) is 0 Å². The standard InChI is InChI=1S/C29H26ClN3O3/c1-17-15-20-16-19(25-27-32-12-14-33(27)13-11-31-25)7-10-22(20)24(18-5-8-21(30)9-6-18)23(17)26(28(34)35)36-29(2,3)4/h5-16,26H,1-4H3,(H,34,35).